The number of hydrogen-bond donors (Lipinski definition) is 1. The fourth-order valence-electron chi connectivity index (χ4n) is 4.76. The van der Waals surface area contributed by atoms with Crippen molar-refractivity contribution in [3.8, 4) is 0 Å². The minimum absolute atomic E-state index is 0.220. The standard InChI is InChI=1S/C20H36O/c1-14(2)18-11-10-15(3)12-19(18)20(21)13-16(4)17-8-6-5-7-9-17/h13-15,17-21H,5-12H2,1-4H3/b16-13+/t15-,18-,19-,20+/m1/s1. The van der Waals surface area contributed by atoms with Crippen LogP contribution in [0.3, 0.4) is 0 Å². The van der Waals surface area contributed by atoms with Gasteiger partial charge in [-0.1, -0.05) is 58.1 Å². The van der Waals surface area contributed by atoms with Crippen LogP contribution in [0.1, 0.15) is 79.1 Å². The lowest BCUT2D eigenvalue weighted by Crippen LogP contribution is -2.35. The molecule has 0 unspecified atom stereocenters. The molecule has 0 spiro atoms. The third-order valence-electron chi connectivity index (χ3n) is 6.20. The molecule has 2 aliphatic carbocycles. The highest BCUT2D eigenvalue weighted by atomic mass is 16.3. The van der Waals surface area contributed by atoms with Crippen LogP contribution in [0.25, 0.3) is 0 Å². The number of aliphatic hydroxyl groups excluding tert-OH is 1. The Bertz CT molecular complexity index is 338. The van der Waals surface area contributed by atoms with Crippen LogP contribution in [0.4, 0.5) is 0 Å². The maximum Gasteiger partial charge on any atom is 0.0754 e. The average Bonchev–Trinajstić information content (AvgIpc) is 2.47. The first kappa shape index (κ1) is 17.1. The van der Waals surface area contributed by atoms with E-state index >= 15 is 0 Å². The summed E-state index contributed by atoms with van der Waals surface area (Å²) in [4.78, 5) is 0. The van der Waals surface area contributed by atoms with Crippen molar-refractivity contribution in [2.24, 2.45) is 29.6 Å². The Morgan fingerprint density at radius 3 is 2.29 bits per heavy atom. The fraction of sp³-hybridized carbons (Fsp3) is 0.900. The average molecular weight is 293 g/mol. The first-order chi connectivity index (χ1) is 9.99. The van der Waals surface area contributed by atoms with E-state index in [-0.39, 0.29) is 6.10 Å². The summed E-state index contributed by atoms with van der Waals surface area (Å²) in [6, 6.07) is 0. The van der Waals surface area contributed by atoms with Crippen molar-refractivity contribution in [1.82, 2.24) is 0 Å². The van der Waals surface area contributed by atoms with Gasteiger partial charge in [-0.05, 0) is 62.2 Å². The molecule has 1 heteroatoms. The van der Waals surface area contributed by atoms with Crippen LogP contribution in [0.2, 0.25) is 0 Å². The summed E-state index contributed by atoms with van der Waals surface area (Å²) in [5, 5.41) is 10.8. The lowest BCUT2D eigenvalue weighted by Gasteiger charge is -2.39. The van der Waals surface area contributed by atoms with Gasteiger partial charge in [0, 0.05) is 0 Å². The van der Waals surface area contributed by atoms with Crippen LogP contribution in [-0.2, 0) is 0 Å². The van der Waals surface area contributed by atoms with Gasteiger partial charge in [-0.15, -0.1) is 0 Å². The highest BCUT2D eigenvalue weighted by Gasteiger charge is 2.34. The van der Waals surface area contributed by atoms with Gasteiger partial charge in [0.15, 0.2) is 0 Å². The predicted octanol–water partition coefficient (Wildman–Crippen LogP) is 5.58. The Kier molecular flexibility index (Phi) is 6.34. The molecule has 2 rings (SSSR count). The predicted molar refractivity (Wildman–Crippen MR) is 91.2 cm³/mol. The third kappa shape index (κ3) is 4.58. The van der Waals surface area contributed by atoms with E-state index < -0.39 is 0 Å². The molecule has 1 nitrogen and oxygen atoms in total. The topological polar surface area (TPSA) is 20.2 Å². The van der Waals surface area contributed by atoms with Crippen molar-refractivity contribution in [3.05, 3.63) is 11.6 Å². The third-order valence-corrected chi connectivity index (χ3v) is 6.20. The molecule has 1 N–H and O–H groups in total. The van der Waals surface area contributed by atoms with E-state index in [0.29, 0.717) is 17.8 Å². The first-order valence-electron chi connectivity index (χ1n) is 9.35. The molecule has 0 aromatic rings. The Hall–Kier alpha value is -0.300. The summed E-state index contributed by atoms with van der Waals surface area (Å²) in [6.07, 6.45) is 12.7. The van der Waals surface area contributed by atoms with Gasteiger partial charge in [-0.2, -0.15) is 0 Å². The zero-order valence-electron chi connectivity index (χ0n) is 14.6. The lowest BCUT2D eigenvalue weighted by atomic mass is 9.67. The molecule has 4 atom stereocenters. The van der Waals surface area contributed by atoms with Gasteiger partial charge in [0.2, 0.25) is 0 Å². The number of aliphatic hydroxyl groups is 1. The molecule has 122 valence electrons. The van der Waals surface area contributed by atoms with Gasteiger partial charge in [-0.25, -0.2) is 0 Å². The lowest BCUT2D eigenvalue weighted by molar-refractivity contribution is 0.0419. The zero-order chi connectivity index (χ0) is 15.4. The maximum absolute atomic E-state index is 10.8. The quantitative estimate of drug-likeness (QED) is 0.670. The Labute approximate surface area is 132 Å². The van der Waals surface area contributed by atoms with Crippen LogP contribution in [0, 0.1) is 29.6 Å². The van der Waals surface area contributed by atoms with Crippen LogP contribution in [0.5, 0.6) is 0 Å². The largest absolute Gasteiger partial charge is 0.389 e. The molecular weight excluding hydrogens is 256 g/mol. The van der Waals surface area contributed by atoms with Crippen molar-refractivity contribution < 1.29 is 5.11 Å². The fourth-order valence-corrected chi connectivity index (χ4v) is 4.76. The molecule has 0 aliphatic heterocycles. The van der Waals surface area contributed by atoms with Crippen LogP contribution in [0.15, 0.2) is 11.6 Å². The van der Waals surface area contributed by atoms with E-state index in [4.69, 9.17) is 0 Å². The summed E-state index contributed by atoms with van der Waals surface area (Å²) >= 11 is 0. The minimum atomic E-state index is -0.220. The molecule has 0 aromatic heterocycles. The molecule has 0 radical (unpaired) electrons. The second-order valence-electron chi connectivity index (χ2n) is 8.23. The van der Waals surface area contributed by atoms with Crippen molar-refractivity contribution in [3.63, 3.8) is 0 Å². The Morgan fingerprint density at radius 1 is 1.00 bits per heavy atom. The van der Waals surface area contributed by atoms with Crippen molar-refractivity contribution in [2.45, 2.75) is 85.2 Å². The van der Waals surface area contributed by atoms with E-state index in [1.165, 1.54) is 56.9 Å². The molecular formula is C20H36O. The van der Waals surface area contributed by atoms with Gasteiger partial charge in [0.05, 0.1) is 6.10 Å². The van der Waals surface area contributed by atoms with Gasteiger partial charge in [0.1, 0.15) is 0 Å². The molecule has 0 bridgehead atoms. The zero-order valence-corrected chi connectivity index (χ0v) is 14.6. The van der Waals surface area contributed by atoms with Crippen LogP contribution < -0.4 is 0 Å². The summed E-state index contributed by atoms with van der Waals surface area (Å²) in [6.45, 7) is 9.28. The molecule has 0 amide bonds. The van der Waals surface area contributed by atoms with Gasteiger partial charge < -0.3 is 5.11 Å². The van der Waals surface area contributed by atoms with Crippen LogP contribution >= 0.6 is 0 Å². The van der Waals surface area contributed by atoms with E-state index in [1.807, 2.05) is 0 Å². The number of rotatable bonds is 4. The summed E-state index contributed by atoms with van der Waals surface area (Å²) in [5.41, 5.74) is 1.46. The Morgan fingerprint density at radius 2 is 1.67 bits per heavy atom. The molecule has 2 fully saturated rings. The molecule has 21 heavy (non-hydrogen) atoms. The second kappa shape index (κ2) is 7.81. The number of hydrogen-bond acceptors (Lipinski definition) is 1. The van der Waals surface area contributed by atoms with Gasteiger partial charge >= 0.3 is 0 Å². The number of allylic oxidation sites excluding steroid dienone is 1. The van der Waals surface area contributed by atoms with E-state index in [1.54, 1.807) is 0 Å². The second-order valence-corrected chi connectivity index (χ2v) is 8.23. The summed E-state index contributed by atoms with van der Waals surface area (Å²) in [7, 11) is 0. The molecule has 0 saturated heterocycles. The molecule has 2 aliphatic rings. The van der Waals surface area contributed by atoms with Gasteiger partial charge in [0.25, 0.3) is 0 Å². The highest BCUT2D eigenvalue weighted by Crippen LogP contribution is 2.40. The molecule has 2 saturated carbocycles. The molecule has 0 heterocycles. The summed E-state index contributed by atoms with van der Waals surface area (Å²) < 4.78 is 0. The van der Waals surface area contributed by atoms with E-state index in [2.05, 4.69) is 33.8 Å². The van der Waals surface area contributed by atoms with Gasteiger partial charge in [-0.3, -0.25) is 0 Å². The highest BCUT2D eigenvalue weighted by molar-refractivity contribution is 5.09. The van der Waals surface area contributed by atoms with E-state index in [9.17, 15) is 5.11 Å². The maximum atomic E-state index is 10.8. The SMILES string of the molecule is C/C(=C\[C@H](O)[C@@H]1C[C@H](C)CC[C@@H]1C(C)C)C1CCCCC1. The van der Waals surface area contributed by atoms with Crippen molar-refractivity contribution >= 4 is 0 Å². The van der Waals surface area contributed by atoms with Crippen LogP contribution in [-0.4, -0.2) is 11.2 Å². The smallest absolute Gasteiger partial charge is 0.0754 e. The normalized spacial score (nSPS) is 34.2. The summed E-state index contributed by atoms with van der Waals surface area (Å²) in [5.74, 6) is 3.40. The minimum Gasteiger partial charge on any atom is -0.389 e. The van der Waals surface area contributed by atoms with Crippen molar-refractivity contribution in [1.29, 1.82) is 0 Å². The van der Waals surface area contributed by atoms with Crippen molar-refractivity contribution in [2.75, 3.05) is 0 Å². The first-order valence-corrected chi connectivity index (χ1v) is 9.35. The van der Waals surface area contributed by atoms with E-state index in [0.717, 1.165) is 11.8 Å². The monoisotopic (exact) mass is 292 g/mol. The molecule has 0 aromatic carbocycles. The Balaban J connectivity index is 2.03.